The van der Waals surface area contributed by atoms with Crippen LogP contribution in [0.1, 0.15) is 16.7 Å². The Labute approximate surface area is 324 Å². The molecule has 0 bridgehead atoms. The number of hydrogen-bond donors (Lipinski definition) is 1. The Hall–Kier alpha value is -6.60. The molecule has 4 heterocycles. The van der Waals surface area contributed by atoms with Gasteiger partial charge < -0.3 is 34.1 Å². The molecule has 6 aromatic rings. The van der Waals surface area contributed by atoms with Crippen LogP contribution < -0.4 is 35.0 Å². The van der Waals surface area contributed by atoms with E-state index in [-0.39, 0.29) is 12.2 Å². The van der Waals surface area contributed by atoms with Gasteiger partial charge in [0.2, 0.25) is 5.95 Å². The minimum Gasteiger partial charge on any atom is -0.497 e. The second-order valence-electron chi connectivity index (χ2n) is 13.6. The zero-order chi connectivity index (χ0) is 38.6. The molecule has 1 N–H and O–H groups in total. The summed E-state index contributed by atoms with van der Waals surface area (Å²) < 4.78 is 23.9. The molecule has 13 nitrogen and oxygen atoms in total. The van der Waals surface area contributed by atoms with Gasteiger partial charge in [0.15, 0.2) is 5.65 Å². The van der Waals surface area contributed by atoms with Gasteiger partial charge in [0, 0.05) is 61.6 Å². The molecule has 0 unspecified atom stereocenters. The molecule has 1 amide bonds. The SMILES string of the molecule is COc1ccc(CNc2ncc3cc(N4CCN(C(=O)OCc5ccccc5)c5c(C)cccc54)c(=O)n(-c4ccc(N5CCOCC5)cc4)c3n2)c(OC)c1. The van der Waals surface area contributed by atoms with Crippen molar-refractivity contribution in [2.24, 2.45) is 0 Å². The van der Waals surface area contributed by atoms with Crippen LogP contribution in [0.3, 0.4) is 0 Å². The van der Waals surface area contributed by atoms with E-state index < -0.39 is 6.09 Å². The van der Waals surface area contributed by atoms with E-state index in [1.807, 2.05) is 109 Å². The van der Waals surface area contributed by atoms with Crippen molar-refractivity contribution in [3.63, 3.8) is 0 Å². The number of benzene rings is 4. The van der Waals surface area contributed by atoms with Gasteiger partial charge in [-0.2, -0.15) is 4.98 Å². The average Bonchev–Trinajstić information content (AvgIpc) is 3.25. The van der Waals surface area contributed by atoms with E-state index in [0.717, 1.165) is 41.2 Å². The number of hydrogen-bond acceptors (Lipinski definition) is 11. The van der Waals surface area contributed by atoms with Gasteiger partial charge in [-0.15, -0.1) is 0 Å². The number of nitrogens with one attached hydrogen (secondary N) is 1. The minimum atomic E-state index is -0.443. The molecule has 2 aromatic heterocycles. The smallest absolute Gasteiger partial charge is 0.414 e. The van der Waals surface area contributed by atoms with E-state index in [9.17, 15) is 9.59 Å². The highest BCUT2D eigenvalue weighted by Gasteiger charge is 2.32. The summed E-state index contributed by atoms with van der Waals surface area (Å²) in [6.45, 7) is 6.09. The van der Waals surface area contributed by atoms with Crippen molar-refractivity contribution in [3.05, 3.63) is 130 Å². The molecule has 1 saturated heterocycles. The summed E-state index contributed by atoms with van der Waals surface area (Å²) >= 11 is 0. The molecule has 8 rings (SSSR count). The summed E-state index contributed by atoms with van der Waals surface area (Å²) in [7, 11) is 3.23. The number of methoxy groups -OCH3 is 2. The number of aromatic nitrogens is 3. The topological polar surface area (TPSA) is 124 Å². The molecule has 0 aliphatic carbocycles. The van der Waals surface area contributed by atoms with E-state index in [0.29, 0.717) is 78.4 Å². The summed E-state index contributed by atoms with van der Waals surface area (Å²) in [6.07, 6.45) is 1.28. The summed E-state index contributed by atoms with van der Waals surface area (Å²) in [5.41, 5.74) is 6.44. The fourth-order valence-electron chi connectivity index (χ4n) is 7.28. The number of carbonyl (C=O) groups excluding carboxylic acids is 1. The van der Waals surface area contributed by atoms with E-state index in [2.05, 4.69) is 15.2 Å². The number of ether oxygens (including phenoxy) is 4. The Morgan fingerprint density at radius 3 is 2.39 bits per heavy atom. The van der Waals surface area contributed by atoms with Gasteiger partial charge in [0.1, 0.15) is 23.8 Å². The van der Waals surface area contributed by atoms with Crippen LogP contribution in [-0.2, 0) is 22.6 Å². The second kappa shape index (κ2) is 16.0. The number of fused-ring (bicyclic) bond motifs is 2. The molecule has 2 aliphatic heterocycles. The van der Waals surface area contributed by atoms with Crippen molar-refractivity contribution in [2.75, 3.05) is 73.6 Å². The van der Waals surface area contributed by atoms with Gasteiger partial charge in [-0.05, 0) is 66.6 Å². The van der Waals surface area contributed by atoms with Gasteiger partial charge in [0.05, 0.1) is 44.5 Å². The second-order valence-corrected chi connectivity index (χ2v) is 13.6. The molecule has 4 aromatic carbocycles. The fraction of sp³-hybridized carbons (Fsp3) is 0.256. The first-order chi connectivity index (χ1) is 27.4. The Kier molecular flexibility index (Phi) is 10.4. The molecule has 286 valence electrons. The number of rotatable bonds is 10. The van der Waals surface area contributed by atoms with Crippen LogP contribution in [0, 0.1) is 6.92 Å². The van der Waals surface area contributed by atoms with Crippen LogP contribution in [0.4, 0.5) is 33.5 Å². The predicted molar refractivity (Wildman–Crippen MR) is 217 cm³/mol. The van der Waals surface area contributed by atoms with Crippen molar-refractivity contribution >= 4 is 45.8 Å². The number of para-hydroxylation sites is 1. The lowest BCUT2D eigenvalue weighted by Crippen LogP contribution is -2.44. The number of carbonyl (C=O) groups is 1. The molecule has 0 radical (unpaired) electrons. The molecule has 0 saturated carbocycles. The van der Waals surface area contributed by atoms with Gasteiger partial charge in [-0.1, -0.05) is 42.5 Å². The third kappa shape index (κ3) is 7.28. The van der Waals surface area contributed by atoms with E-state index >= 15 is 0 Å². The maximum Gasteiger partial charge on any atom is 0.414 e. The molecule has 13 heteroatoms. The lowest BCUT2D eigenvalue weighted by molar-refractivity contribution is 0.122. The first-order valence-corrected chi connectivity index (χ1v) is 18.6. The lowest BCUT2D eigenvalue weighted by Gasteiger charge is -2.38. The van der Waals surface area contributed by atoms with E-state index in [1.54, 1.807) is 29.9 Å². The summed E-state index contributed by atoms with van der Waals surface area (Å²) in [6, 6.07) is 30.8. The normalized spacial score (nSPS) is 14.0. The number of nitrogens with zero attached hydrogens (tertiary/aromatic N) is 6. The quantitative estimate of drug-likeness (QED) is 0.158. The molecular weight excluding hydrogens is 711 g/mol. The number of morpholine rings is 1. The number of anilines is 5. The van der Waals surface area contributed by atoms with Crippen LogP contribution in [-0.4, -0.2) is 74.2 Å². The van der Waals surface area contributed by atoms with Gasteiger partial charge in [-0.3, -0.25) is 14.3 Å². The highest BCUT2D eigenvalue weighted by molar-refractivity contribution is 5.97. The monoisotopic (exact) mass is 753 g/mol. The van der Waals surface area contributed by atoms with Crippen molar-refractivity contribution in [1.29, 1.82) is 0 Å². The van der Waals surface area contributed by atoms with Crippen LogP contribution in [0.5, 0.6) is 11.5 Å². The lowest BCUT2D eigenvalue weighted by atomic mass is 10.1. The van der Waals surface area contributed by atoms with Crippen LogP contribution >= 0.6 is 0 Å². The van der Waals surface area contributed by atoms with Crippen molar-refractivity contribution in [3.8, 4) is 17.2 Å². The zero-order valence-electron chi connectivity index (χ0n) is 31.6. The Morgan fingerprint density at radius 2 is 1.62 bits per heavy atom. The summed E-state index contributed by atoms with van der Waals surface area (Å²) in [5.74, 6) is 1.71. The largest absolute Gasteiger partial charge is 0.497 e. The number of pyridine rings is 1. The van der Waals surface area contributed by atoms with E-state index in [1.165, 1.54) is 0 Å². The number of amides is 1. The Bertz CT molecular complexity index is 2420. The van der Waals surface area contributed by atoms with Crippen LogP contribution in [0.2, 0.25) is 0 Å². The molecule has 0 atom stereocenters. The van der Waals surface area contributed by atoms with Gasteiger partial charge in [-0.25, -0.2) is 9.78 Å². The maximum absolute atomic E-state index is 15.0. The first kappa shape index (κ1) is 36.4. The third-order valence-electron chi connectivity index (χ3n) is 10.2. The fourth-order valence-corrected chi connectivity index (χ4v) is 7.28. The average molecular weight is 754 g/mol. The van der Waals surface area contributed by atoms with E-state index in [4.69, 9.17) is 23.9 Å². The van der Waals surface area contributed by atoms with Crippen molar-refractivity contribution < 1.29 is 23.7 Å². The minimum absolute atomic E-state index is 0.158. The predicted octanol–water partition coefficient (Wildman–Crippen LogP) is 6.85. The molecule has 1 fully saturated rings. The summed E-state index contributed by atoms with van der Waals surface area (Å²) in [5, 5.41) is 3.98. The van der Waals surface area contributed by atoms with Crippen molar-refractivity contribution in [1.82, 2.24) is 14.5 Å². The Balaban J connectivity index is 1.17. The molecular formula is C43H43N7O6. The standard InChI is InChI=1S/C43H43N7O6/c1-29-8-7-11-36-39(29)49(43(52)56-28-30-9-5-4-6-10-30)19-18-48(36)37-24-32-27-45-42(44-26-31-12-17-35(53-2)25-38(31)54-3)46-40(32)50(41(37)51)34-15-13-33(14-16-34)47-20-22-55-23-21-47/h4-17,24-25,27H,18-23,26,28H2,1-3H3,(H,44,45,46). The Morgan fingerprint density at radius 1 is 0.839 bits per heavy atom. The van der Waals surface area contributed by atoms with Crippen LogP contribution in [0.25, 0.3) is 16.7 Å². The summed E-state index contributed by atoms with van der Waals surface area (Å²) in [4.78, 5) is 44.0. The molecule has 2 aliphatic rings. The highest BCUT2D eigenvalue weighted by atomic mass is 16.6. The maximum atomic E-state index is 15.0. The third-order valence-corrected chi connectivity index (χ3v) is 10.2. The van der Waals surface area contributed by atoms with Crippen molar-refractivity contribution in [2.45, 2.75) is 20.1 Å². The van der Waals surface area contributed by atoms with Gasteiger partial charge >= 0.3 is 6.09 Å². The number of aryl methyl sites for hydroxylation is 1. The van der Waals surface area contributed by atoms with Gasteiger partial charge in [0.25, 0.3) is 5.56 Å². The molecule has 0 spiro atoms. The zero-order valence-corrected chi connectivity index (χ0v) is 31.6. The first-order valence-electron chi connectivity index (χ1n) is 18.6. The van der Waals surface area contributed by atoms with Crippen LogP contribution in [0.15, 0.2) is 108 Å². The highest BCUT2D eigenvalue weighted by Crippen LogP contribution is 2.40. The molecule has 56 heavy (non-hydrogen) atoms.